The van der Waals surface area contributed by atoms with E-state index in [2.05, 4.69) is 5.32 Å². The van der Waals surface area contributed by atoms with Crippen LogP contribution in [0.15, 0.2) is 42.5 Å². The zero-order valence-corrected chi connectivity index (χ0v) is 14.8. The number of benzene rings is 2. The molecule has 3 rings (SSSR count). The number of hydrogen-bond acceptors (Lipinski definition) is 4. The van der Waals surface area contributed by atoms with Gasteiger partial charge in [0.15, 0.2) is 0 Å². The number of amides is 1. The lowest BCUT2D eigenvalue weighted by molar-refractivity contribution is -0.111. The maximum absolute atomic E-state index is 12.2. The zero-order valence-electron chi connectivity index (χ0n) is 14.8. The number of carbonyl (C=O) groups excluding carboxylic acids is 1. The van der Waals surface area contributed by atoms with Crippen LogP contribution in [-0.4, -0.2) is 18.6 Å². The van der Waals surface area contributed by atoms with E-state index in [9.17, 15) is 4.79 Å². The van der Waals surface area contributed by atoms with Gasteiger partial charge in [-0.15, -0.1) is 0 Å². The molecule has 5 heteroatoms. The number of carbonyl (C=O) groups is 1. The van der Waals surface area contributed by atoms with Crippen LogP contribution in [0.5, 0.6) is 11.5 Å². The van der Waals surface area contributed by atoms with Crippen LogP contribution < -0.4 is 14.8 Å². The standard InChI is InChI=1S/C21H20N2O3/c1-3-25-19-12-17-10-14(2)26-20(17)11-16(19)6-9-21(24)23-18-7-4-15(13-22)5-8-18/h4-9,11-12,14H,3,10H2,1-2H3,(H,23,24)/b9-6+. The molecule has 0 aliphatic carbocycles. The van der Waals surface area contributed by atoms with Crippen LogP contribution in [-0.2, 0) is 11.2 Å². The molecule has 1 atom stereocenters. The minimum Gasteiger partial charge on any atom is -0.493 e. The van der Waals surface area contributed by atoms with Gasteiger partial charge in [-0.05, 0) is 56.3 Å². The highest BCUT2D eigenvalue weighted by atomic mass is 16.5. The van der Waals surface area contributed by atoms with Crippen LogP contribution in [0.3, 0.4) is 0 Å². The summed E-state index contributed by atoms with van der Waals surface area (Å²) in [6, 6.07) is 12.6. The summed E-state index contributed by atoms with van der Waals surface area (Å²) in [5.41, 5.74) is 3.11. The van der Waals surface area contributed by atoms with Crippen molar-refractivity contribution >= 4 is 17.7 Å². The van der Waals surface area contributed by atoms with E-state index < -0.39 is 0 Å². The Morgan fingerprint density at radius 2 is 2.15 bits per heavy atom. The van der Waals surface area contributed by atoms with E-state index >= 15 is 0 Å². The zero-order chi connectivity index (χ0) is 18.5. The van der Waals surface area contributed by atoms with Crippen molar-refractivity contribution in [3.05, 3.63) is 59.2 Å². The molecule has 0 aromatic heterocycles. The summed E-state index contributed by atoms with van der Waals surface area (Å²) in [5.74, 6) is 1.33. The number of nitrogens with zero attached hydrogens (tertiary/aromatic N) is 1. The van der Waals surface area contributed by atoms with Gasteiger partial charge >= 0.3 is 0 Å². The highest BCUT2D eigenvalue weighted by Gasteiger charge is 2.21. The van der Waals surface area contributed by atoms with E-state index in [1.165, 1.54) is 6.08 Å². The molecule has 0 fully saturated rings. The van der Waals surface area contributed by atoms with Crippen molar-refractivity contribution in [3.8, 4) is 17.6 Å². The second kappa shape index (κ2) is 7.75. The van der Waals surface area contributed by atoms with Crippen LogP contribution in [0.2, 0.25) is 0 Å². The van der Waals surface area contributed by atoms with E-state index in [1.54, 1.807) is 30.3 Å². The normalized spacial score (nSPS) is 15.2. The first kappa shape index (κ1) is 17.6. The monoisotopic (exact) mass is 348 g/mol. The fraction of sp³-hybridized carbons (Fsp3) is 0.238. The van der Waals surface area contributed by atoms with Crippen LogP contribution >= 0.6 is 0 Å². The van der Waals surface area contributed by atoms with Crippen molar-refractivity contribution in [2.45, 2.75) is 26.4 Å². The van der Waals surface area contributed by atoms with E-state index in [0.717, 1.165) is 29.0 Å². The summed E-state index contributed by atoms with van der Waals surface area (Å²) in [7, 11) is 0. The lowest BCUT2D eigenvalue weighted by Gasteiger charge is -2.10. The van der Waals surface area contributed by atoms with E-state index in [4.69, 9.17) is 14.7 Å². The van der Waals surface area contributed by atoms with E-state index in [-0.39, 0.29) is 12.0 Å². The first-order chi connectivity index (χ1) is 12.6. The number of nitrogens with one attached hydrogen (secondary N) is 1. The average Bonchev–Trinajstić information content (AvgIpc) is 2.99. The number of nitriles is 1. The molecule has 2 aromatic rings. The summed E-state index contributed by atoms with van der Waals surface area (Å²) >= 11 is 0. The number of ether oxygens (including phenoxy) is 2. The van der Waals surface area contributed by atoms with Gasteiger partial charge in [0, 0.05) is 29.3 Å². The Morgan fingerprint density at radius 1 is 1.38 bits per heavy atom. The van der Waals surface area contributed by atoms with Gasteiger partial charge in [-0.2, -0.15) is 5.26 Å². The molecule has 1 N–H and O–H groups in total. The molecule has 0 radical (unpaired) electrons. The number of anilines is 1. The Kier molecular flexibility index (Phi) is 5.23. The highest BCUT2D eigenvalue weighted by Crippen LogP contribution is 2.35. The van der Waals surface area contributed by atoms with Crippen molar-refractivity contribution < 1.29 is 14.3 Å². The number of hydrogen-bond donors (Lipinski definition) is 1. The van der Waals surface area contributed by atoms with Gasteiger partial charge in [-0.25, -0.2) is 0 Å². The minimum atomic E-state index is -0.257. The van der Waals surface area contributed by atoms with Gasteiger partial charge < -0.3 is 14.8 Å². The molecule has 132 valence electrons. The Balaban J connectivity index is 1.75. The van der Waals surface area contributed by atoms with Crippen molar-refractivity contribution in [2.75, 3.05) is 11.9 Å². The minimum absolute atomic E-state index is 0.151. The molecule has 1 amide bonds. The maximum Gasteiger partial charge on any atom is 0.248 e. The quantitative estimate of drug-likeness (QED) is 0.831. The molecular formula is C21H20N2O3. The van der Waals surface area contributed by atoms with Crippen LogP contribution in [0.1, 0.15) is 30.5 Å². The smallest absolute Gasteiger partial charge is 0.248 e. The fourth-order valence-corrected chi connectivity index (χ4v) is 2.84. The molecule has 26 heavy (non-hydrogen) atoms. The second-order valence-corrected chi connectivity index (χ2v) is 6.08. The van der Waals surface area contributed by atoms with E-state index in [0.29, 0.717) is 17.9 Å². The fourth-order valence-electron chi connectivity index (χ4n) is 2.84. The molecule has 1 heterocycles. The molecular weight excluding hydrogens is 328 g/mol. The summed E-state index contributed by atoms with van der Waals surface area (Å²) in [4.78, 5) is 12.2. The summed E-state index contributed by atoms with van der Waals surface area (Å²) in [5, 5.41) is 11.6. The summed E-state index contributed by atoms with van der Waals surface area (Å²) in [6.45, 7) is 4.51. The largest absolute Gasteiger partial charge is 0.493 e. The Labute approximate surface area is 152 Å². The summed E-state index contributed by atoms with van der Waals surface area (Å²) < 4.78 is 11.5. The molecule has 2 aromatic carbocycles. The molecule has 0 bridgehead atoms. The molecule has 5 nitrogen and oxygen atoms in total. The Morgan fingerprint density at radius 3 is 2.85 bits per heavy atom. The number of fused-ring (bicyclic) bond motifs is 1. The average molecular weight is 348 g/mol. The molecule has 1 aliphatic rings. The molecule has 0 saturated heterocycles. The van der Waals surface area contributed by atoms with Crippen molar-refractivity contribution in [1.29, 1.82) is 5.26 Å². The SMILES string of the molecule is CCOc1cc2c(cc1/C=C/C(=O)Nc1ccc(C#N)cc1)OC(C)C2. The second-order valence-electron chi connectivity index (χ2n) is 6.08. The third-order valence-corrected chi connectivity index (χ3v) is 4.02. The van der Waals surface area contributed by atoms with Gasteiger partial charge in [0.1, 0.15) is 17.6 Å². The van der Waals surface area contributed by atoms with Gasteiger partial charge in [0.25, 0.3) is 0 Å². The van der Waals surface area contributed by atoms with Gasteiger partial charge in [0.2, 0.25) is 5.91 Å². The van der Waals surface area contributed by atoms with Crippen LogP contribution in [0, 0.1) is 11.3 Å². The van der Waals surface area contributed by atoms with Crippen LogP contribution in [0.25, 0.3) is 6.08 Å². The van der Waals surface area contributed by atoms with Crippen molar-refractivity contribution in [1.82, 2.24) is 0 Å². The van der Waals surface area contributed by atoms with Gasteiger partial charge in [0.05, 0.1) is 18.2 Å². The third-order valence-electron chi connectivity index (χ3n) is 4.02. The Bertz CT molecular complexity index is 879. The van der Waals surface area contributed by atoms with E-state index in [1.807, 2.05) is 32.0 Å². The lowest BCUT2D eigenvalue weighted by Crippen LogP contribution is -2.07. The van der Waals surface area contributed by atoms with Crippen LogP contribution in [0.4, 0.5) is 5.69 Å². The predicted molar refractivity (Wildman–Crippen MR) is 100 cm³/mol. The van der Waals surface area contributed by atoms with Crippen molar-refractivity contribution in [3.63, 3.8) is 0 Å². The third kappa shape index (κ3) is 4.04. The summed E-state index contributed by atoms with van der Waals surface area (Å²) in [6.07, 6.45) is 4.19. The van der Waals surface area contributed by atoms with Crippen molar-refractivity contribution in [2.24, 2.45) is 0 Å². The molecule has 1 aliphatic heterocycles. The maximum atomic E-state index is 12.2. The van der Waals surface area contributed by atoms with Gasteiger partial charge in [-0.3, -0.25) is 4.79 Å². The predicted octanol–water partition coefficient (Wildman–Crippen LogP) is 3.93. The lowest BCUT2D eigenvalue weighted by atomic mass is 10.1. The molecule has 1 unspecified atom stereocenters. The first-order valence-electron chi connectivity index (χ1n) is 8.54. The number of rotatable bonds is 5. The topological polar surface area (TPSA) is 71.3 Å². The van der Waals surface area contributed by atoms with Gasteiger partial charge in [-0.1, -0.05) is 0 Å². The Hall–Kier alpha value is -3.26. The first-order valence-corrected chi connectivity index (χ1v) is 8.54. The highest BCUT2D eigenvalue weighted by molar-refractivity contribution is 6.02. The molecule has 0 spiro atoms. The molecule has 0 saturated carbocycles.